The molecule has 1 unspecified atom stereocenters. The summed E-state index contributed by atoms with van der Waals surface area (Å²) in [7, 11) is -4.04. The molecule has 0 saturated carbocycles. The molecular formula is C14H19F3O3S. The molecule has 0 radical (unpaired) electrons. The van der Waals surface area contributed by atoms with Crippen molar-refractivity contribution in [2.24, 2.45) is 5.92 Å². The largest absolute Gasteiger partial charge is 0.416 e. The van der Waals surface area contributed by atoms with Gasteiger partial charge < -0.3 is 0 Å². The van der Waals surface area contributed by atoms with E-state index < -0.39 is 21.9 Å². The summed E-state index contributed by atoms with van der Waals surface area (Å²) in [5, 5.41) is 0. The van der Waals surface area contributed by atoms with E-state index in [2.05, 4.69) is 6.58 Å². The van der Waals surface area contributed by atoms with Crippen molar-refractivity contribution >= 4 is 10.1 Å². The van der Waals surface area contributed by atoms with E-state index in [4.69, 9.17) is 4.18 Å². The van der Waals surface area contributed by atoms with Crippen molar-refractivity contribution in [3.63, 3.8) is 0 Å². The summed E-state index contributed by atoms with van der Waals surface area (Å²) in [6.45, 7) is 9.07. The maximum absolute atomic E-state index is 12.3. The van der Waals surface area contributed by atoms with E-state index in [0.29, 0.717) is 12.1 Å². The Morgan fingerprint density at radius 2 is 1.71 bits per heavy atom. The Bertz CT molecular complexity index is 534. The van der Waals surface area contributed by atoms with Crippen LogP contribution in [-0.2, 0) is 20.5 Å². The minimum Gasteiger partial charge on any atom is -0.266 e. The van der Waals surface area contributed by atoms with Gasteiger partial charge >= 0.3 is 6.18 Å². The quantitative estimate of drug-likeness (QED) is 0.600. The van der Waals surface area contributed by atoms with E-state index in [9.17, 15) is 21.6 Å². The molecule has 3 nitrogen and oxygen atoms in total. The van der Waals surface area contributed by atoms with Crippen molar-refractivity contribution in [2.75, 3.05) is 6.61 Å². The molecule has 0 bridgehead atoms. The highest BCUT2D eigenvalue weighted by Crippen LogP contribution is 2.29. The van der Waals surface area contributed by atoms with Gasteiger partial charge in [-0.2, -0.15) is 21.6 Å². The Kier molecular flexibility index (Phi) is 7.67. The Balaban J connectivity index is 0.00000191. The van der Waals surface area contributed by atoms with E-state index in [-0.39, 0.29) is 17.4 Å². The van der Waals surface area contributed by atoms with Crippen LogP contribution in [-0.4, -0.2) is 15.0 Å². The standard InChI is InChI=1S/C12H13F3O3S.C2H6/c1-3-9(2)8-18-19(16,17)11-6-4-10(5-7-11)12(13,14)15;1-2/h3-7,9H,1,8H2,2H3;1-2H3. The van der Waals surface area contributed by atoms with Crippen molar-refractivity contribution in [1.82, 2.24) is 0 Å². The minimum absolute atomic E-state index is 0.104. The Morgan fingerprint density at radius 1 is 1.24 bits per heavy atom. The van der Waals surface area contributed by atoms with Crippen LogP contribution in [0.2, 0.25) is 0 Å². The molecule has 0 spiro atoms. The van der Waals surface area contributed by atoms with E-state index in [1.807, 2.05) is 13.8 Å². The first-order valence-corrected chi connectivity index (χ1v) is 7.77. The summed E-state index contributed by atoms with van der Waals surface area (Å²) in [4.78, 5) is -0.309. The topological polar surface area (TPSA) is 43.4 Å². The van der Waals surface area contributed by atoms with Gasteiger partial charge in [0.2, 0.25) is 0 Å². The smallest absolute Gasteiger partial charge is 0.266 e. The van der Waals surface area contributed by atoms with E-state index >= 15 is 0 Å². The van der Waals surface area contributed by atoms with Gasteiger partial charge in [-0.3, -0.25) is 4.18 Å². The molecule has 0 N–H and O–H groups in total. The molecule has 0 aromatic heterocycles. The number of hydrogen-bond donors (Lipinski definition) is 0. The van der Waals surface area contributed by atoms with Crippen molar-refractivity contribution in [2.45, 2.75) is 31.8 Å². The number of alkyl halides is 3. The fourth-order valence-electron chi connectivity index (χ4n) is 1.14. The molecule has 1 aromatic carbocycles. The number of benzene rings is 1. The summed E-state index contributed by atoms with van der Waals surface area (Å²) >= 11 is 0. The fourth-order valence-corrected chi connectivity index (χ4v) is 2.14. The molecule has 0 aliphatic rings. The molecule has 0 amide bonds. The van der Waals surface area contributed by atoms with Crippen LogP contribution in [0.4, 0.5) is 13.2 Å². The van der Waals surface area contributed by atoms with Crippen LogP contribution in [0.25, 0.3) is 0 Å². The van der Waals surface area contributed by atoms with Crippen LogP contribution < -0.4 is 0 Å². The van der Waals surface area contributed by atoms with Gasteiger partial charge in [0, 0.05) is 0 Å². The average molecular weight is 324 g/mol. The van der Waals surface area contributed by atoms with Gasteiger partial charge in [-0.15, -0.1) is 6.58 Å². The molecule has 21 heavy (non-hydrogen) atoms. The van der Waals surface area contributed by atoms with E-state index in [1.165, 1.54) is 6.08 Å². The summed E-state index contributed by atoms with van der Waals surface area (Å²) in [5.41, 5.74) is -0.911. The van der Waals surface area contributed by atoms with Gasteiger partial charge in [0.1, 0.15) is 0 Å². The number of halogens is 3. The van der Waals surface area contributed by atoms with Gasteiger partial charge in [0.25, 0.3) is 10.1 Å². The lowest BCUT2D eigenvalue weighted by molar-refractivity contribution is -0.137. The first-order chi connectivity index (χ1) is 9.66. The molecule has 0 fully saturated rings. The predicted molar refractivity (Wildman–Crippen MR) is 75.3 cm³/mol. The van der Waals surface area contributed by atoms with Crippen LogP contribution in [0.5, 0.6) is 0 Å². The van der Waals surface area contributed by atoms with E-state index in [1.54, 1.807) is 6.92 Å². The fraction of sp³-hybridized carbons (Fsp3) is 0.429. The minimum atomic E-state index is -4.50. The van der Waals surface area contributed by atoms with Gasteiger partial charge in [0.05, 0.1) is 17.1 Å². The number of rotatable bonds is 5. The molecule has 0 saturated heterocycles. The molecule has 120 valence electrons. The molecular weight excluding hydrogens is 305 g/mol. The van der Waals surface area contributed by atoms with Crippen molar-refractivity contribution < 1.29 is 25.8 Å². The molecule has 1 aromatic rings. The third-order valence-electron chi connectivity index (χ3n) is 2.36. The highest BCUT2D eigenvalue weighted by molar-refractivity contribution is 7.86. The second kappa shape index (κ2) is 8.19. The predicted octanol–water partition coefficient (Wildman–Crippen LogP) is 4.26. The van der Waals surface area contributed by atoms with Gasteiger partial charge in [0.15, 0.2) is 0 Å². The molecule has 0 heterocycles. The Morgan fingerprint density at radius 3 is 2.10 bits per heavy atom. The highest BCUT2D eigenvalue weighted by Gasteiger charge is 2.30. The summed E-state index contributed by atoms with van der Waals surface area (Å²) in [5.74, 6) is -0.177. The van der Waals surface area contributed by atoms with Crippen molar-refractivity contribution in [3.8, 4) is 0 Å². The second-order valence-electron chi connectivity index (χ2n) is 3.97. The molecule has 7 heteroatoms. The molecule has 0 aliphatic heterocycles. The first-order valence-electron chi connectivity index (χ1n) is 6.36. The zero-order chi connectivity index (χ0) is 16.7. The third-order valence-corrected chi connectivity index (χ3v) is 3.65. The highest BCUT2D eigenvalue weighted by atomic mass is 32.2. The van der Waals surface area contributed by atoms with Crippen LogP contribution in [0, 0.1) is 5.92 Å². The average Bonchev–Trinajstić information content (AvgIpc) is 2.46. The van der Waals surface area contributed by atoms with Gasteiger partial charge in [-0.25, -0.2) is 0 Å². The normalized spacial score (nSPS) is 13.0. The van der Waals surface area contributed by atoms with Crippen molar-refractivity contribution in [3.05, 3.63) is 42.5 Å². The van der Waals surface area contributed by atoms with Gasteiger partial charge in [-0.1, -0.05) is 26.8 Å². The molecule has 1 rings (SSSR count). The lowest BCUT2D eigenvalue weighted by Crippen LogP contribution is -2.12. The van der Waals surface area contributed by atoms with Crippen LogP contribution in [0.15, 0.2) is 41.8 Å². The van der Waals surface area contributed by atoms with Gasteiger partial charge in [-0.05, 0) is 30.2 Å². The first kappa shape index (κ1) is 19.7. The Labute approximate surface area is 123 Å². The summed E-state index contributed by atoms with van der Waals surface area (Å²) in [6.07, 6.45) is -2.98. The molecule has 0 aliphatic carbocycles. The lowest BCUT2D eigenvalue weighted by atomic mass is 10.2. The lowest BCUT2D eigenvalue weighted by Gasteiger charge is -2.10. The Hall–Kier alpha value is -1.34. The second-order valence-corrected chi connectivity index (χ2v) is 5.59. The third kappa shape index (κ3) is 6.31. The van der Waals surface area contributed by atoms with Crippen molar-refractivity contribution in [1.29, 1.82) is 0 Å². The van der Waals surface area contributed by atoms with Crippen LogP contribution in [0.1, 0.15) is 26.3 Å². The maximum Gasteiger partial charge on any atom is 0.416 e. The zero-order valence-electron chi connectivity index (χ0n) is 12.1. The summed E-state index contributed by atoms with van der Waals surface area (Å²) < 4.78 is 65.0. The summed E-state index contributed by atoms with van der Waals surface area (Å²) in [6, 6.07) is 3.15. The molecule has 1 atom stereocenters. The monoisotopic (exact) mass is 324 g/mol. The van der Waals surface area contributed by atoms with Crippen LogP contribution in [0.3, 0.4) is 0 Å². The number of hydrogen-bond acceptors (Lipinski definition) is 3. The SMILES string of the molecule is C=CC(C)COS(=O)(=O)c1ccc(C(F)(F)F)cc1.CC. The van der Waals surface area contributed by atoms with Crippen LogP contribution >= 0.6 is 0 Å². The zero-order valence-corrected chi connectivity index (χ0v) is 13.0. The maximum atomic E-state index is 12.3. The van der Waals surface area contributed by atoms with E-state index in [0.717, 1.165) is 12.1 Å².